The summed E-state index contributed by atoms with van der Waals surface area (Å²) in [5.41, 5.74) is 5.75. The molecule has 0 heterocycles. The van der Waals surface area contributed by atoms with E-state index < -0.39 is 22.6 Å². The summed E-state index contributed by atoms with van der Waals surface area (Å²) in [7, 11) is 3.99. The van der Waals surface area contributed by atoms with E-state index in [0.29, 0.717) is 0 Å². The molecule has 15 rings (SSSR count). The zero-order valence-electron chi connectivity index (χ0n) is 76.3. The first-order valence-corrected chi connectivity index (χ1v) is 53.3. The van der Waals surface area contributed by atoms with Crippen molar-refractivity contribution in [2.45, 2.75) is 205 Å². The highest BCUT2D eigenvalue weighted by Gasteiger charge is 2.38. The Labute approximate surface area is 838 Å². The molecular weight excluding hydrogens is 2170 g/mol. The Bertz CT molecular complexity index is 5550. The van der Waals surface area contributed by atoms with Crippen molar-refractivity contribution < 1.29 is 41.7 Å². The van der Waals surface area contributed by atoms with Gasteiger partial charge in [-0.15, -0.1) is 0 Å². The van der Waals surface area contributed by atoms with E-state index in [1.807, 2.05) is 109 Å². The fourth-order valence-electron chi connectivity index (χ4n) is 14.5. The number of halogens is 7. The van der Waals surface area contributed by atoms with Gasteiger partial charge in [-0.05, 0) is 399 Å². The molecule has 1 aliphatic carbocycles. The number of rotatable bonds is 22. The molecule has 0 spiro atoms. The third kappa shape index (κ3) is 29.2. The van der Waals surface area contributed by atoms with Crippen LogP contribution >= 0.6 is 90.4 Å². The monoisotopic (exact) mass is 2280 g/mol. The quantitative estimate of drug-likeness (QED) is 0.0383. The van der Waals surface area contributed by atoms with E-state index in [2.05, 4.69) is 391 Å². The first-order chi connectivity index (χ1) is 62.0. The van der Waals surface area contributed by atoms with Crippen LogP contribution in [0.25, 0.3) is 0 Å². The molecule has 0 saturated heterocycles. The molecule has 0 amide bonds. The third-order valence-corrected chi connectivity index (χ3v) is 35.1. The summed E-state index contributed by atoms with van der Waals surface area (Å²) in [6, 6.07) is 117. The minimum atomic E-state index is -4.32. The lowest BCUT2D eigenvalue weighted by molar-refractivity contribution is -0.159. The summed E-state index contributed by atoms with van der Waals surface area (Å²) < 4.78 is 71.3. The summed E-state index contributed by atoms with van der Waals surface area (Å²) in [6.07, 6.45) is -0.209. The predicted molar refractivity (Wildman–Crippen MR) is 572 cm³/mol. The van der Waals surface area contributed by atoms with Gasteiger partial charge in [-0.2, -0.15) is 13.2 Å². The minimum Gasteiger partial charge on any atom is -0.497 e. The maximum atomic E-state index is 12.9. The Hall–Kier alpha value is -8.05. The Morgan fingerprint density at radius 1 is 0.346 bits per heavy atom. The van der Waals surface area contributed by atoms with E-state index >= 15 is 0 Å². The molecule has 0 N–H and O–H groups in total. The molecule has 1 saturated carbocycles. The smallest absolute Gasteiger partial charge is 0.416 e. The van der Waals surface area contributed by atoms with Gasteiger partial charge in [-0.3, -0.25) is 0 Å². The number of benzene rings is 14. The highest BCUT2D eigenvalue weighted by Crippen LogP contribution is 2.43. The Kier molecular flexibility index (Phi) is 37.6. The second-order valence-electron chi connectivity index (χ2n) is 34.4. The molecule has 0 radical (unpaired) electrons. The van der Waals surface area contributed by atoms with Crippen molar-refractivity contribution in [1.29, 1.82) is 0 Å². The fourth-order valence-corrected chi connectivity index (χ4v) is 26.0. The Morgan fingerprint density at radius 2 is 0.600 bits per heavy atom. The third-order valence-electron chi connectivity index (χ3n) is 21.5. The van der Waals surface area contributed by atoms with Crippen LogP contribution in [0.2, 0.25) is 0 Å². The van der Waals surface area contributed by atoms with Crippen molar-refractivity contribution in [3.05, 3.63) is 399 Å². The van der Waals surface area contributed by atoms with Gasteiger partial charge in [0.05, 0.1) is 81.4 Å². The second kappa shape index (κ2) is 47.7. The molecular formula is C112H114F3I4O6S5+5. The van der Waals surface area contributed by atoms with Crippen LogP contribution < -0.4 is 18.9 Å². The average molecular weight is 2280 g/mol. The number of methoxy groups -OCH3 is 3. The molecule has 0 aromatic heterocycles. The first-order valence-electron chi connectivity index (χ1n) is 42.8. The van der Waals surface area contributed by atoms with Crippen LogP contribution in [-0.4, -0.2) is 39.5 Å². The number of ether oxygens (including phenoxy) is 5. The summed E-state index contributed by atoms with van der Waals surface area (Å²) in [6.45, 7) is 30.5. The molecule has 0 atom stereocenters. The van der Waals surface area contributed by atoms with Gasteiger partial charge in [0.25, 0.3) is 0 Å². The van der Waals surface area contributed by atoms with E-state index in [1.54, 1.807) is 33.5 Å². The molecule has 0 unspecified atom stereocenters. The van der Waals surface area contributed by atoms with Crippen molar-refractivity contribution in [3.63, 3.8) is 0 Å². The molecule has 6 nitrogen and oxygen atoms in total. The molecule has 130 heavy (non-hydrogen) atoms. The van der Waals surface area contributed by atoms with E-state index in [9.17, 15) is 18.0 Å². The number of carbonyl (C=O) groups excluding carboxylic acids is 1. The second-order valence-corrected chi connectivity index (χ2v) is 49.4. The van der Waals surface area contributed by atoms with Crippen LogP contribution in [-0.2, 0) is 86.4 Å². The summed E-state index contributed by atoms with van der Waals surface area (Å²) in [5, 5.41) is 2.02. The van der Waals surface area contributed by atoms with Gasteiger partial charge >= 0.3 is 12.1 Å². The molecule has 1 fully saturated rings. The molecule has 0 aliphatic heterocycles. The van der Waals surface area contributed by atoms with Crippen molar-refractivity contribution in [2.75, 3.05) is 27.9 Å². The topological polar surface area (TPSA) is 63.2 Å². The lowest BCUT2D eigenvalue weighted by Gasteiger charge is -2.24. The zero-order valence-corrected chi connectivity index (χ0v) is 89.0. The highest BCUT2D eigenvalue weighted by molar-refractivity contribution is 14.1. The SMILES string of the molecule is C=C[S+](c1ccccc1)c1ccccc1.CC(C)(C)c1ccc([S+](c2ccc(C(C)(C)C)cc2)c2ccc(C(C)(C)C)cc2)cc1.COc1cccc([S+](c2cccc(OC)c2)c2cccc(OC)c2)c1.Cc1cc([S+](c2ccc(I)cc2)c2ccc(I)cc2)cc(C)c1OCC(=O)OC1(C)CCCC1.FC(F)(F)c1ccc([S+](c2ccc(I)cc2)c2ccc(I)cc2)cc1. The van der Waals surface area contributed by atoms with Crippen LogP contribution in [0.1, 0.15) is 128 Å². The van der Waals surface area contributed by atoms with Gasteiger partial charge in [-0.25, -0.2) is 4.79 Å². The average Bonchev–Trinajstić information content (AvgIpc) is 0.903. The van der Waals surface area contributed by atoms with Gasteiger partial charge in [-0.1, -0.05) is 160 Å². The van der Waals surface area contributed by atoms with Crippen LogP contribution in [0.15, 0.2) is 420 Å². The minimum absolute atomic E-state index is 0.00568. The van der Waals surface area contributed by atoms with Crippen molar-refractivity contribution in [2.24, 2.45) is 0 Å². The molecule has 672 valence electrons. The maximum Gasteiger partial charge on any atom is 0.416 e. The molecule has 0 bridgehead atoms. The van der Waals surface area contributed by atoms with E-state index in [4.69, 9.17) is 23.7 Å². The Balaban J connectivity index is 0.000000160. The van der Waals surface area contributed by atoms with Crippen molar-refractivity contribution in [3.8, 4) is 23.0 Å². The van der Waals surface area contributed by atoms with Gasteiger partial charge < -0.3 is 23.7 Å². The summed E-state index contributed by atoms with van der Waals surface area (Å²) in [4.78, 5) is 29.6. The highest BCUT2D eigenvalue weighted by atomic mass is 127. The molecule has 1 aliphatic rings. The van der Waals surface area contributed by atoms with Gasteiger partial charge in [0, 0.05) is 44.6 Å². The van der Waals surface area contributed by atoms with Crippen molar-refractivity contribution >= 4 is 151 Å². The number of esters is 1. The van der Waals surface area contributed by atoms with E-state index in [-0.39, 0.29) is 78.0 Å². The Morgan fingerprint density at radius 3 is 0.862 bits per heavy atom. The normalized spacial score (nSPS) is 12.5. The fraction of sp³-hybridized carbons (Fsp3) is 0.223. The number of hydrogen-bond acceptors (Lipinski definition) is 6. The summed E-state index contributed by atoms with van der Waals surface area (Å²) >= 11 is 9.18. The lowest BCUT2D eigenvalue weighted by atomic mass is 9.87. The van der Waals surface area contributed by atoms with Gasteiger partial charge in [0.15, 0.2) is 75.1 Å². The first kappa shape index (κ1) is 102. The van der Waals surface area contributed by atoms with Crippen LogP contribution in [0.4, 0.5) is 13.2 Å². The predicted octanol–water partition coefficient (Wildman–Crippen LogP) is 32.2. The maximum absolute atomic E-state index is 12.9. The number of carbonyl (C=O) groups is 1. The molecule has 14 aromatic rings. The van der Waals surface area contributed by atoms with E-state index in [1.165, 1.54) is 77.7 Å². The standard InChI is InChI=1S/C30H39S.C28H29I2O3S.C21H21O3S.C19H12F3I2S.C14H13S/c1-28(2,3)22-10-16-25(17-11-22)31(26-18-12-23(13-19-26)29(4,5)6)27-20-14-24(15-21-27)30(7,8)9;1-19-16-25(17-20(2)27(19)32-18-26(31)33-28(3)14-4-5-15-28)34(23-10-6-21(29)7-11-23)24-12-8-22(30)9-13-24;1-22-16-7-4-10-19(13-16)25(20-11-5-8-17(14-20)23-2)21-12-6-9-18(15-21)24-3;20-19(21,22)13-1-7-16(8-2-13)25(17-9-3-14(23)4-10-17)18-11-5-15(24)6-12-18;1-2-15(13-9-5-3-6-10-13)14-11-7-4-8-12-14/h10-21H,1-9H3;6-13,16-17H,4-5,14-15,18H2,1-3H3;4-15H,1-3H3;1-12H;2-12H,1H2/q5*+1. The number of alkyl halides is 3. The largest absolute Gasteiger partial charge is 0.497 e. The van der Waals surface area contributed by atoms with Gasteiger partial charge in [0.1, 0.15) is 34.0 Å². The van der Waals surface area contributed by atoms with Crippen molar-refractivity contribution in [1.82, 2.24) is 0 Å². The number of hydrogen-bond donors (Lipinski definition) is 0. The summed E-state index contributed by atoms with van der Waals surface area (Å²) in [5.74, 6) is 3.03. The van der Waals surface area contributed by atoms with Crippen LogP contribution in [0, 0.1) is 28.1 Å². The van der Waals surface area contributed by atoms with E-state index in [0.717, 1.165) is 93.8 Å². The zero-order chi connectivity index (χ0) is 93.5. The molecule has 18 heteroatoms. The lowest BCUT2D eigenvalue weighted by Crippen LogP contribution is -2.30. The van der Waals surface area contributed by atoms with Crippen LogP contribution in [0.5, 0.6) is 23.0 Å². The van der Waals surface area contributed by atoms with Gasteiger partial charge in [0.2, 0.25) is 0 Å². The van der Waals surface area contributed by atoms with Crippen LogP contribution in [0.3, 0.4) is 0 Å². The molecule has 14 aromatic carbocycles. The number of aryl methyl sites for hydroxylation is 2.